The van der Waals surface area contributed by atoms with E-state index in [0.29, 0.717) is 0 Å². The number of aliphatic hydroxyl groups excluding tert-OH is 7. The Balaban J connectivity index is 2.04. The minimum Gasteiger partial charge on any atom is -0.391 e. The molecule has 11 nitrogen and oxygen atoms in total. The van der Waals surface area contributed by atoms with Gasteiger partial charge in [0.2, 0.25) is 11.6 Å². The molecule has 0 bridgehead atoms. The van der Waals surface area contributed by atoms with Crippen molar-refractivity contribution in [3.8, 4) is 0 Å². The highest BCUT2D eigenvalue weighted by Crippen LogP contribution is 2.32. The fraction of sp³-hybridized carbons (Fsp3) is 1.00. The molecule has 2 aliphatic heterocycles. The third-order valence-corrected chi connectivity index (χ3v) is 4.13. The number of ether oxygens (including phenoxy) is 3. The molecule has 8 N–H and O–H groups in total. The van der Waals surface area contributed by atoms with Crippen LogP contribution in [0.1, 0.15) is 0 Å². The Labute approximate surface area is 130 Å². The lowest BCUT2D eigenvalue weighted by molar-refractivity contribution is -0.356. The van der Waals surface area contributed by atoms with Crippen molar-refractivity contribution in [1.29, 1.82) is 0 Å². The molecule has 136 valence electrons. The molecular formula is C12H22O11. The van der Waals surface area contributed by atoms with E-state index in [1.807, 2.05) is 0 Å². The van der Waals surface area contributed by atoms with E-state index in [9.17, 15) is 35.7 Å². The Kier molecular flexibility index (Phi) is 5.60. The van der Waals surface area contributed by atoms with Crippen LogP contribution < -0.4 is 0 Å². The average Bonchev–Trinajstić information content (AvgIpc) is 2.77. The van der Waals surface area contributed by atoms with Crippen LogP contribution in [0, 0.1) is 0 Å². The lowest BCUT2D eigenvalue weighted by Crippen LogP contribution is -2.64. The van der Waals surface area contributed by atoms with Crippen LogP contribution in [0.5, 0.6) is 0 Å². The monoisotopic (exact) mass is 342 g/mol. The van der Waals surface area contributed by atoms with Gasteiger partial charge in [-0.2, -0.15) is 0 Å². The van der Waals surface area contributed by atoms with Crippen molar-refractivity contribution in [3.05, 3.63) is 0 Å². The van der Waals surface area contributed by atoms with Gasteiger partial charge in [-0.1, -0.05) is 0 Å². The molecule has 8 atom stereocenters. The molecular weight excluding hydrogens is 320 g/mol. The summed E-state index contributed by atoms with van der Waals surface area (Å²) in [5.41, 5.74) is 0. The van der Waals surface area contributed by atoms with E-state index in [0.717, 1.165) is 0 Å². The normalized spacial score (nSPS) is 51.1. The first-order valence-corrected chi connectivity index (χ1v) is 7.01. The van der Waals surface area contributed by atoms with Crippen molar-refractivity contribution in [2.24, 2.45) is 0 Å². The van der Waals surface area contributed by atoms with Crippen LogP contribution in [-0.2, 0) is 14.2 Å². The second kappa shape index (κ2) is 6.82. The van der Waals surface area contributed by atoms with Crippen molar-refractivity contribution < 1.29 is 55.1 Å². The standard InChI is InChI=1S/C12H22O11/c13-3-11(20)9(18)8(17)6(23-11)2-22-12(4-14)10(19)7(16)5(15)1-21-12/h5-10,13-20H,1-4H2/t5-,6-,7-,8-,9-,10-,11+,12?/m1/s1. The van der Waals surface area contributed by atoms with Gasteiger partial charge in [-0.25, -0.2) is 0 Å². The quantitative estimate of drug-likeness (QED) is 0.238. The first-order valence-electron chi connectivity index (χ1n) is 7.01. The summed E-state index contributed by atoms with van der Waals surface area (Å²) in [6.07, 6.45) is -9.51. The van der Waals surface area contributed by atoms with Crippen LogP contribution in [0.3, 0.4) is 0 Å². The SMILES string of the molecule is OCC1(OC[C@H]2O[C@@](O)(CO)[C@H](O)[C@@H]2O)OC[C@@H](O)[C@@H](O)[C@H]1O. The summed E-state index contributed by atoms with van der Waals surface area (Å²) < 4.78 is 15.2. The van der Waals surface area contributed by atoms with E-state index in [1.54, 1.807) is 0 Å². The summed E-state index contributed by atoms with van der Waals surface area (Å²) in [5.74, 6) is -4.45. The van der Waals surface area contributed by atoms with E-state index in [1.165, 1.54) is 0 Å². The van der Waals surface area contributed by atoms with Crippen molar-refractivity contribution >= 4 is 0 Å². The van der Waals surface area contributed by atoms with E-state index < -0.39 is 74.6 Å². The van der Waals surface area contributed by atoms with Crippen LogP contribution in [0.25, 0.3) is 0 Å². The highest BCUT2D eigenvalue weighted by atomic mass is 16.7. The molecule has 2 fully saturated rings. The summed E-state index contributed by atoms with van der Waals surface area (Å²) in [6, 6.07) is 0. The molecule has 2 rings (SSSR count). The molecule has 0 radical (unpaired) electrons. The maximum atomic E-state index is 9.94. The number of hydrogen-bond donors (Lipinski definition) is 8. The number of rotatable bonds is 5. The van der Waals surface area contributed by atoms with Gasteiger partial charge in [-0.3, -0.25) is 0 Å². The number of hydrogen-bond acceptors (Lipinski definition) is 11. The molecule has 0 aromatic carbocycles. The van der Waals surface area contributed by atoms with Gasteiger partial charge >= 0.3 is 0 Å². The van der Waals surface area contributed by atoms with Gasteiger partial charge in [0.1, 0.15) is 43.2 Å². The zero-order valence-corrected chi connectivity index (χ0v) is 12.1. The molecule has 0 aromatic heterocycles. The zero-order chi connectivity index (χ0) is 17.4. The van der Waals surface area contributed by atoms with Gasteiger partial charge in [-0.05, 0) is 0 Å². The van der Waals surface area contributed by atoms with Crippen LogP contribution in [0.2, 0.25) is 0 Å². The van der Waals surface area contributed by atoms with E-state index in [2.05, 4.69) is 0 Å². The van der Waals surface area contributed by atoms with Crippen LogP contribution >= 0.6 is 0 Å². The van der Waals surface area contributed by atoms with Crippen LogP contribution in [0.15, 0.2) is 0 Å². The van der Waals surface area contributed by atoms with Gasteiger partial charge in [-0.15, -0.1) is 0 Å². The van der Waals surface area contributed by atoms with Gasteiger partial charge in [0.05, 0.1) is 19.8 Å². The third kappa shape index (κ3) is 3.23. The second-order valence-corrected chi connectivity index (χ2v) is 5.69. The van der Waals surface area contributed by atoms with Crippen LogP contribution in [0.4, 0.5) is 0 Å². The van der Waals surface area contributed by atoms with E-state index in [-0.39, 0.29) is 0 Å². The molecule has 2 saturated heterocycles. The molecule has 0 amide bonds. The molecule has 0 spiro atoms. The lowest BCUT2D eigenvalue weighted by Gasteiger charge is -2.44. The first-order chi connectivity index (χ1) is 10.7. The predicted molar refractivity (Wildman–Crippen MR) is 68.7 cm³/mol. The van der Waals surface area contributed by atoms with Crippen molar-refractivity contribution in [2.45, 2.75) is 48.2 Å². The Bertz CT molecular complexity index is 408. The van der Waals surface area contributed by atoms with Crippen molar-refractivity contribution in [1.82, 2.24) is 0 Å². The Morgan fingerprint density at radius 3 is 2.13 bits per heavy atom. The molecule has 1 unspecified atom stereocenters. The minimum absolute atomic E-state index is 0.421. The number of aliphatic hydroxyl groups is 8. The fourth-order valence-electron chi connectivity index (χ4n) is 2.55. The topological polar surface area (TPSA) is 190 Å². The third-order valence-electron chi connectivity index (χ3n) is 4.13. The predicted octanol–water partition coefficient (Wildman–Crippen LogP) is -5.39. The van der Waals surface area contributed by atoms with Gasteiger partial charge < -0.3 is 55.1 Å². The smallest absolute Gasteiger partial charge is 0.221 e. The molecule has 23 heavy (non-hydrogen) atoms. The maximum absolute atomic E-state index is 9.94. The summed E-state index contributed by atoms with van der Waals surface area (Å²) in [5, 5.41) is 76.6. The molecule has 11 heteroatoms. The highest BCUT2D eigenvalue weighted by Gasteiger charge is 2.55. The first kappa shape index (κ1) is 18.9. The van der Waals surface area contributed by atoms with Gasteiger partial charge in [0.15, 0.2) is 0 Å². The van der Waals surface area contributed by atoms with Crippen LogP contribution in [-0.4, -0.2) is 115 Å². The maximum Gasteiger partial charge on any atom is 0.221 e. The Hall–Kier alpha value is -0.440. The molecule has 2 heterocycles. The van der Waals surface area contributed by atoms with E-state index in [4.69, 9.17) is 19.3 Å². The highest BCUT2D eigenvalue weighted by molar-refractivity contribution is 4.97. The molecule has 2 aliphatic rings. The van der Waals surface area contributed by atoms with Crippen molar-refractivity contribution in [3.63, 3.8) is 0 Å². The summed E-state index contributed by atoms with van der Waals surface area (Å²) in [4.78, 5) is 0. The molecule has 0 aliphatic carbocycles. The largest absolute Gasteiger partial charge is 0.391 e. The molecule has 0 aromatic rings. The summed E-state index contributed by atoms with van der Waals surface area (Å²) in [7, 11) is 0. The van der Waals surface area contributed by atoms with E-state index >= 15 is 0 Å². The minimum atomic E-state index is -2.37. The summed E-state index contributed by atoms with van der Waals surface area (Å²) in [6.45, 7) is -2.83. The van der Waals surface area contributed by atoms with Gasteiger partial charge in [0, 0.05) is 0 Å². The lowest BCUT2D eigenvalue weighted by atomic mass is 9.97. The Morgan fingerprint density at radius 1 is 0.957 bits per heavy atom. The Morgan fingerprint density at radius 2 is 1.61 bits per heavy atom. The second-order valence-electron chi connectivity index (χ2n) is 5.69. The average molecular weight is 342 g/mol. The summed E-state index contributed by atoms with van der Waals surface area (Å²) >= 11 is 0. The van der Waals surface area contributed by atoms with Crippen molar-refractivity contribution in [2.75, 3.05) is 26.4 Å². The molecule has 0 saturated carbocycles. The fourth-order valence-corrected chi connectivity index (χ4v) is 2.55. The van der Waals surface area contributed by atoms with Gasteiger partial charge in [0.25, 0.3) is 0 Å². The zero-order valence-electron chi connectivity index (χ0n) is 12.1.